The number of rotatable bonds is 5. The number of nitrogens with zero attached hydrogens (tertiary/aromatic N) is 2. The first-order valence-electron chi connectivity index (χ1n) is 4.76. The second-order valence-corrected chi connectivity index (χ2v) is 6.64. The number of alkyl halides is 1. The molecule has 0 amide bonds. The molecule has 0 N–H and O–H groups in total. The van der Waals surface area contributed by atoms with E-state index in [-0.39, 0.29) is 28.6 Å². The van der Waals surface area contributed by atoms with Gasteiger partial charge in [-0.05, 0) is 21.8 Å². The molecule has 5 nitrogen and oxygen atoms in total. The van der Waals surface area contributed by atoms with Gasteiger partial charge in [0.25, 0.3) is 0 Å². The van der Waals surface area contributed by atoms with E-state index in [1.165, 1.54) is 13.3 Å². The minimum absolute atomic E-state index is 0.0821. The molecule has 0 aliphatic carbocycles. The van der Waals surface area contributed by atoms with Gasteiger partial charge in [0.2, 0.25) is 20.9 Å². The third-order valence-corrected chi connectivity index (χ3v) is 4.76. The first-order chi connectivity index (χ1) is 7.90. The van der Waals surface area contributed by atoms with E-state index in [0.29, 0.717) is 4.47 Å². The second-order valence-electron chi connectivity index (χ2n) is 3.55. The van der Waals surface area contributed by atoms with Crippen LogP contribution in [0.3, 0.4) is 0 Å². The van der Waals surface area contributed by atoms with E-state index in [1.807, 2.05) is 0 Å². The highest BCUT2D eigenvalue weighted by atomic mass is 79.9. The van der Waals surface area contributed by atoms with Crippen LogP contribution in [0.4, 0.5) is 0 Å². The minimum Gasteiger partial charge on any atom is -0.480 e. The van der Waals surface area contributed by atoms with Crippen LogP contribution in [0.5, 0.6) is 5.88 Å². The van der Waals surface area contributed by atoms with Crippen LogP contribution in [0, 0.1) is 5.92 Å². The first kappa shape index (κ1) is 14.7. The Hall–Kier alpha value is -0.400. The average molecular weight is 344 g/mol. The summed E-state index contributed by atoms with van der Waals surface area (Å²) < 4.78 is 29.3. The molecule has 1 aromatic rings. The van der Waals surface area contributed by atoms with E-state index in [1.54, 1.807) is 6.92 Å². The average Bonchev–Trinajstić information content (AvgIpc) is 2.28. The number of methoxy groups -OCH3 is 1. The van der Waals surface area contributed by atoms with Gasteiger partial charge >= 0.3 is 0 Å². The van der Waals surface area contributed by atoms with Gasteiger partial charge in [0, 0.05) is 12.1 Å². The van der Waals surface area contributed by atoms with Gasteiger partial charge in [0.1, 0.15) is 0 Å². The molecule has 96 valence electrons. The van der Waals surface area contributed by atoms with Crippen molar-refractivity contribution in [3.63, 3.8) is 0 Å². The third-order valence-electron chi connectivity index (χ3n) is 1.93. The monoisotopic (exact) mass is 342 g/mol. The lowest BCUT2D eigenvalue weighted by Crippen LogP contribution is -2.17. The summed E-state index contributed by atoms with van der Waals surface area (Å²) in [7, 11) is -2.12. The maximum Gasteiger partial charge on any atom is 0.250 e. The van der Waals surface area contributed by atoms with Crippen LogP contribution < -0.4 is 4.74 Å². The Labute approximate surface area is 114 Å². The molecular weight excluding hydrogens is 332 g/mol. The third kappa shape index (κ3) is 3.79. The van der Waals surface area contributed by atoms with Gasteiger partial charge in [0.15, 0.2) is 0 Å². The van der Waals surface area contributed by atoms with Gasteiger partial charge in [-0.15, -0.1) is 11.6 Å². The van der Waals surface area contributed by atoms with Crippen molar-refractivity contribution in [3.05, 3.63) is 10.7 Å². The second kappa shape index (κ2) is 5.97. The van der Waals surface area contributed by atoms with Crippen LogP contribution in [0.2, 0.25) is 0 Å². The van der Waals surface area contributed by atoms with Crippen molar-refractivity contribution in [2.75, 3.05) is 18.7 Å². The van der Waals surface area contributed by atoms with E-state index in [9.17, 15) is 8.42 Å². The molecule has 0 aromatic carbocycles. The molecule has 17 heavy (non-hydrogen) atoms. The highest BCUT2D eigenvalue weighted by Crippen LogP contribution is 2.22. The summed E-state index contributed by atoms with van der Waals surface area (Å²) in [6.07, 6.45) is 1.35. The van der Waals surface area contributed by atoms with Gasteiger partial charge in [0.05, 0.1) is 17.3 Å². The highest BCUT2D eigenvalue weighted by molar-refractivity contribution is 9.10. The van der Waals surface area contributed by atoms with Gasteiger partial charge in [-0.2, -0.15) is 4.98 Å². The number of sulfone groups is 1. The maximum atomic E-state index is 11.9. The number of halogens is 2. The molecule has 1 aromatic heterocycles. The Morgan fingerprint density at radius 1 is 1.59 bits per heavy atom. The SMILES string of the molecule is COc1nc(S(=O)(=O)CC(C)CCl)ncc1Br. The normalized spacial score (nSPS) is 13.4. The highest BCUT2D eigenvalue weighted by Gasteiger charge is 2.22. The number of hydrogen-bond acceptors (Lipinski definition) is 5. The van der Waals surface area contributed by atoms with E-state index >= 15 is 0 Å². The van der Waals surface area contributed by atoms with Crippen LogP contribution in [-0.2, 0) is 9.84 Å². The fourth-order valence-electron chi connectivity index (χ4n) is 1.12. The van der Waals surface area contributed by atoms with Gasteiger partial charge in [-0.3, -0.25) is 0 Å². The van der Waals surface area contributed by atoms with Crippen LogP contribution in [0.1, 0.15) is 6.92 Å². The summed E-state index contributed by atoms with van der Waals surface area (Å²) in [6.45, 7) is 1.75. The molecule has 1 rings (SSSR count). The summed E-state index contributed by atoms with van der Waals surface area (Å²) in [6, 6.07) is 0. The Bertz CT molecular complexity index is 495. The summed E-state index contributed by atoms with van der Waals surface area (Å²) >= 11 is 8.75. The topological polar surface area (TPSA) is 69.2 Å². The molecular formula is C9H12BrClN2O3S. The van der Waals surface area contributed by atoms with Crippen LogP contribution >= 0.6 is 27.5 Å². The lowest BCUT2D eigenvalue weighted by molar-refractivity contribution is 0.388. The van der Waals surface area contributed by atoms with Gasteiger partial charge < -0.3 is 4.74 Å². The van der Waals surface area contributed by atoms with Crippen molar-refractivity contribution in [1.82, 2.24) is 9.97 Å². The standard InChI is InChI=1S/C9H12BrClN2O3S/c1-6(3-11)5-17(14,15)9-12-4-7(10)8(13-9)16-2/h4,6H,3,5H2,1-2H3. The van der Waals surface area contributed by atoms with Crippen molar-refractivity contribution in [2.45, 2.75) is 12.1 Å². The lowest BCUT2D eigenvalue weighted by Gasteiger charge is -2.08. The molecule has 0 radical (unpaired) electrons. The van der Waals surface area contributed by atoms with E-state index in [4.69, 9.17) is 16.3 Å². The van der Waals surface area contributed by atoms with E-state index < -0.39 is 9.84 Å². The predicted molar refractivity (Wildman–Crippen MR) is 68.2 cm³/mol. The first-order valence-corrected chi connectivity index (χ1v) is 7.74. The Morgan fingerprint density at radius 3 is 2.76 bits per heavy atom. The number of hydrogen-bond donors (Lipinski definition) is 0. The van der Waals surface area contributed by atoms with Gasteiger partial charge in [-0.1, -0.05) is 6.92 Å². The molecule has 1 unspecified atom stereocenters. The molecule has 0 spiro atoms. The molecule has 0 aliphatic heterocycles. The molecule has 1 atom stereocenters. The van der Waals surface area contributed by atoms with Crippen LogP contribution in [-0.4, -0.2) is 37.1 Å². The summed E-state index contributed by atoms with van der Waals surface area (Å²) in [5.74, 6) is 0.228. The molecule has 0 saturated carbocycles. The van der Waals surface area contributed by atoms with Crippen molar-refractivity contribution in [2.24, 2.45) is 5.92 Å². The maximum absolute atomic E-state index is 11.9. The molecule has 0 aliphatic rings. The quantitative estimate of drug-likeness (QED) is 0.603. The fraction of sp³-hybridized carbons (Fsp3) is 0.556. The molecule has 8 heteroatoms. The van der Waals surface area contributed by atoms with Gasteiger partial charge in [-0.25, -0.2) is 13.4 Å². The lowest BCUT2D eigenvalue weighted by atomic mass is 10.3. The number of ether oxygens (including phenoxy) is 1. The zero-order valence-corrected chi connectivity index (χ0v) is 12.5. The Balaban J connectivity index is 3.07. The summed E-state index contributed by atoms with van der Waals surface area (Å²) in [5, 5.41) is -0.241. The minimum atomic E-state index is -3.53. The largest absolute Gasteiger partial charge is 0.480 e. The summed E-state index contributed by atoms with van der Waals surface area (Å²) in [5.41, 5.74) is 0. The van der Waals surface area contributed by atoms with Crippen molar-refractivity contribution >= 4 is 37.4 Å². The van der Waals surface area contributed by atoms with E-state index in [2.05, 4.69) is 25.9 Å². The molecule has 0 bridgehead atoms. The van der Waals surface area contributed by atoms with Crippen molar-refractivity contribution in [1.29, 1.82) is 0 Å². The van der Waals surface area contributed by atoms with Crippen molar-refractivity contribution < 1.29 is 13.2 Å². The van der Waals surface area contributed by atoms with E-state index in [0.717, 1.165) is 0 Å². The molecule has 0 saturated heterocycles. The Kier molecular flexibility index (Phi) is 5.15. The fourth-order valence-corrected chi connectivity index (χ4v) is 3.17. The summed E-state index contributed by atoms with van der Waals surface area (Å²) in [4.78, 5) is 7.62. The predicted octanol–water partition coefficient (Wildman–Crippen LogP) is 1.90. The van der Waals surface area contributed by atoms with Crippen molar-refractivity contribution in [3.8, 4) is 5.88 Å². The molecule has 0 fully saturated rings. The smallest absolute Gasteiger partial charge is 0.250 e. The Morgan fingerprint density at radius 2 is 2.24 bits per heavy atom. The molecule has 1 heterocycles. The zero-order chi connectivity index (χ0) is 13.1. The zero-order valence-electron chi connectivity index (χ0n) is 9.35. The van der Waals surface area contributed by atoms with Crippen LogP contribution in [0.25, 0.3) is 0 Å². The number of aromatic nitrogens is 2. The van der Waals surface area contributed by atoms with Crippen LogP contribution in [0.15, 0.2) is 15.8 Å².